The van der Waals surface area contributed by atoms with Crippen LogP contribution in [0.2, 0.25) is 0 Å². The minimum absolute atomic E-state index is 0.125. The number of hydrogen-bond donors (Lipinski definition) is 1. The monoisotopic (exact) mass is 316 g/mol. The van der Waals surface area contributed by atoms with Gasteiger partial charge in [0.25, 0.3) is 10.1 Å². The maximum absolute atomic E-state index is 11.5. The maximum Gasteiger partial charge on any atom is 0.264 e. The molecule has 1 N–H and O–H groups in total. The normalized spacial score (nSPS) is 37.8. The molecule has 2 aliphatic carbocycles. The predicted molar refractivity (Wildman–Crippen MR) is 83.3 cm³/mol. The molecular formula is C16H28O4S. The molecule has 2 aliphatic rings. The van der Waals surface area contributed by atoms with Crippen molar-refractivity contribution in [2.24, 2.45) is 17.3 Å². The van der Waals surface area contributed by atoms with Crippen LogP contribution >= 0.6 is 0 Å². The molecule has 4 atom stereocenters. The summed E-state index contributed by atoms with van der Waals surface area (Å²) < 4.78 is 28.5. The van der Waals surface area contributed by atoms with Crippen LogP contribution < -0.4 is 0 Å². The third-order valence-corrected chi connectivity index (χ3v) is 5.90. The Kier molecular flexibility index (Phi) is 4.33. The van der Waals surface area contributed by atoms with E-state index in [-0.39, 0.29) is 17.4 Å². The van der Waals surface area contributed by atoms with Crippen LogP contribution in [0.15, 0.2) is 11.6 Å². The molecule has 21 heavy (non-hydrogen) atoms. The third kappa shape index (κ3) is 3.51. The molecule has 5 heteroatoms. The summed E-state index contributed by atoms with van der Waals surface area (Å²) in [6.45, 7) is 7.99. The van der Waals surface area contributed by atoms with Crippen LogP contribution in [0.25, 0.3) is 0 Å². The van der Waals surface area contributed by atoms with Gasteiger partial charge in [0.15, 0.2) is 0 Å². The Hall–Kier alpha value is -0.390. The van der Waals surface area contributed by atoms with E-state index in [1.54, 1.807) is 0 Å². The van der Waals surface area contributed by atoms with E-state index in [1.165, 1.54) is 5.57 Å². The summed E-state index contributed by atoms with van der Waals surface area (Å²) in [5, 5.41) is 10.3. The number of aliphatic hydroxyl groups is 1. The number of hydrogen-bond acceptors (Lipinski definition) is 4. The van der Waals surface area contributed by atoms with Crippen molar-refractivity contribution in [3.63, 3.8) is 0 Å². The Labute approximate surface area is 128 Å². The fourth-order valence-electron chi connectivity index (χ4n) is 3.96. The molecule has 0 aromatic heterocycles. The van der Waals surface area contributed by atoms with Gasteiger partial charge in [0.05, 0.1) is 18.0 Å². The molecule has 0 radical (unpaired) electrons. The van der Waals surface area contributed by atoms with Gasteiger partial charge in [0, 0.05) is 11.3 Å². The topological polar surface area (TPSA) is 63.6 Å². The van der Waals surface area contributed by atoms with Crippen molar-refractivity contribution in [1.82, 2.24) is 0 Å². The van der Waals surface area contributed by atoms with Crippen molar-refractivity contribution >= 4 is 10.1 Å². The second kappa shape index (κ2) is 5.36. The molecule has 0 aliphatic heterocycles. The van der Waals surface area contributed by atoms with E-state index in [0.29, 0.717) is 5.92 Å². The summed E-state index contributed by atoms with van der Waals surface area (Å²) in [6, 6.07) is 0. The van der Waals surface area contributed by atoms with Gasteiger partial charge in [0.2, 0.25) is 0 Å². The molecule has 0 spiro atoms. The van der Waals surface area contributed by atoms with Crippen molar-refractivity contribution in [2.75, 3.05) is 6.26 Å². The van der Waals surface area contributed by atoms with Crippen LogP contribution in [0.1, 0.15) is 53.4 Å². The highest BCUT2D eigenvalue weighted by atomic mass is 32.2. The first-order valence-corrected chi connectivity index (χ1v) is 9.58. The van der Waals surface area contributed by atoms with Gasteiger partial charge in [-0.05, 0) is 45.4 Å². The second-order valence-electron chi connectivity index (χ2n) is 7.61. The number of fused-ring (bicyclic) bond motifs is 1. The zero-order chi connectivity index (χ0) is 16.1. The van der Waals surface area contributed by atoms with Gasteiger partial charge in [-0.2, -0.15) is 8.42 Å². The van der Waals surface area contributed by atoms with Crippen molar-refractivity contribution in [1.29, 1.82) is 0 Å². The molecular weight excluding hydrogens is 288 g/mol. The zero-order valence-corrected chi connectivity index (χ0v) is 14.5. The van der Waals surface area contributed by atoms with E-state index in [1.807, 2.05) is 13.8 Å². The first-order valence-electron chi connectivity index (χ1n) is 7.76. The minimum Gasteiger partial charge on any atom is -0.390 e. The summed E-state index contributed by atoms with van der Waals surface area (Å²) in [5.41, 5.74) is 0.294. The van der Waals surface area contributed by atoms with Gasteiger partial charge in [-0.1, -0.05) is 25.5 Å². The van der Waals surface area contributed by atoms with Gasteiger partial charge in [0.1, 0.15) is 0 Å². The van der Waals surface area contributed by atoms with E-state index in [9.17, 15) is 13.5 Å². The van der Waals surface area contributed by atoms with Crippen LogP contribution in [-0.2, 0) is 14.3 Å². The van der Waals surface area contributed by atoms with Crippen molar-refractivity contribution in [3.05, 3.63) is 11.6 Å². The molecule has 2 rings (SSSR count). The molecule has 4 nitrogen and oxygen atoms in total. The lowest BCUT2D eigenvalue weighted by atomic mass is 9.58. The summed E-state index contributed by atoms with van der Waals surface area (Å²) in [5.74, 6) is 0.541. The highest BCUT2D eigenvalue weighted by molar-refractivity contribution is 7.86. The van der Waals surface area contributed by atoms with Gasteiger partial charge >= 0.3 is 0 Å². The van der Waals surface area contributed by atoms with E-state index >= 15 is 0 Å². The zero-order valence-electron chi connectivity index (χ0n) is 13.7. The molecule has 0 aromatic rings. The van der Waals surface area contributed by atoms with Crippen molar-refractivity contribution in [3.8, 4) is 0 Å². The largest absolute Gasteiger partial charge is 0.390 e. The highest BCUT2D eigenvalue weighted by Gasteiger charge is 2.48. The molecule has 0 unspecified atom stereocenters. The second-order valence-corrected chi connectivity index (χ2v) is 9.21. The van der Waals surface area contributed by atoms with E-state index in [2.05, 4.69) is 19.9 Å². The lowest BCUT2D eigenvalue weighted by Gasteiger charge is -2.50. The maximum atomic E-state index is 11.5. The van der Waals surface area contributed by atoms with Gasteiger partial charge in [-0.3, -0.25) is 4.18 Å². The Bertz CT molecular complexity index is 529. The lowest BCUT2D eigenvalue weighted by Crippen LogP contribution is -2.47. The molecule has 122 valence electrons. The minimum atomic E-state index is -3.45. The molecule has 1 saturated carbocycles. The number of rotatable bonds is 3. The fourth-order valence-corrected chi connectivity index (χ4v) is 4.69. The Morgan fingerprint density at radius 3 is 2.48 bits per heavy atom. The van der Waals surface area contributed by atoms with E-state index < -0.39 is 15.7 Å². The predicted octanol–water partition coefficient (Wildman–Crippen LogP) is 2.87. The third-order valence-electron chi connectivity index (χ3n) is 5.32. The molecule has 1 fully saturated rings. The van der Waals surface area contributed by atoms with Crippen molar-refractivity contribution in [2.45, 2.75) is 65.1 Å². The highest BCUT2D eigenvalue weighted by Crippen LogP contribution is 2.53. The molecule has 0 saturated heterocycles. The molecule has 0 bridgehead atoms. The fraction of sp³-hybridized carbons (Fsp3) is 0.875. The van der Waals surface area contributed by atoms with E-state index in [4.69, 9.17) is 4.18 Å². The average molecular weight is 316 g/mol. The molecule has 0 aromatic carbocycles. The quantitative estimate of drug-likeness (QED) is 0.642. The van der Waals surface area contributed by atoms with Crippen LogP contribution in [0.3, 0.4) is 0 Å². The van der Waals surface area contributed by atoms with Crippen LogP contribution in [0.4, 0.5) is 0 Å². The van der Waals surface area contributed by atoms with Gasteiger partial charge < -0.3 is 5.11 Å². The summed E-state index contributed by atoms with van der Waals surface area (Å²) >= 11 is 0. The molecule has 0 heterocycles. The smallest absolute Gasteiger partial charge is 0.264 e. The lowest BCUT2D eigenvalue weighted by molar-refractivity contribution is -0.00386. The van der Waals surface area contributed by atoms with Crippen molar-refractivity contribution < 1.29 is 17.7 Å². The van der Waals surface area contributed by atoms with Crippen LogP contribution in [-0.4, -0.2) is 31.5 Å². The summed E-state index contributed by atoms with van der Waals surface area (Å²) in [4.78, 5) is 0. The standard InChI is InChI=1S/C16H28O4S/c1-11-6-7-14(20-21(5,18)19)16(4)9-8-12(10-13(11)16)15(2,3)17/h10-12,14,17H,6-9H2,1-5H3/t11-,12-,14-,16-/m1/s1. The van der Waals surface area contributed by atoms with Gasteiger partial charge in [-0.15, -0.1) is 0 Å². The van der Waals surface area contributed by atoms with Gasteiger partial charge in [-0.25, -0.2) is 0 Å². The van der Waals surface area contributed by atoms with Crippen LogP contribution in [0.5, 0.6) is 0 Å². The Balaban J connectivity index is 2.36. The van der Waals surface area contributed by atoms with Crippen LogP contribution in [0, 0.1) is 17.3 Å². The Morgan fingerprint density at radius 1 is 1.33 bits per heavy atom. The summed E-state index contributed by atoms with van der Waals surface area (Å²) in [6.07, 6.45) is 6.46. The molecule has 0 amide bonds. The Morgan fingerprint density at radius 2 is 1.95 bits per heavy atom. The first kappa shape index (κ1) is 17.0. The van der Waals surface area contributed by atoms with E-state index in [0.717, 1.165) is 31.9 Å². The first-order chi connectivity index (χ1) is 9.43. The average Bonchev–Trinajstić information content (AvgIpc) is 2.30. The summed E-state index contributed by atoms with van der Waals surface area (Å²) in [7, 11) is -3.45. The SMILES string of the molecule is C[C@@H]1CC[C@@H](OS(C)(=O)=O)[C@]2(C)CC[C@@H](C(C)(C)O)C=C12.